The first-order valence-electron chi connectivity index (χ1n) is 5.92. The fraction of sp³-hybridized carbons (Fsp3) is 0.214. The minimum absolute atomic E-state index is 0.0358. The summed E-state index contributed by atoms with van der Waals surface area (Å²) < 4.78 is 7.61. The van der Waals surface area contributed by atoms with Gasteiger partial charge >= 0.3 is 0 Å². The van der Waals surface area contributed by atoms with E-state index in [1.54, 1.807) is 6.26 Å². The van der Waals surface area contributed by atoms with Gasteiger partial charge in [-0.2, -0.15) is 0 Å². The normalized spacial score (nSPS) is 13.0. The van der Waals surface area contributed by atoms with E-state index in [1.165, 1.54) is 0 Å². The van der Waals surface area contributed by atoms with E-state index in [0.29, 0.717) is 0 Å². The van der Waals surface area contributed by atoms with Crippen molar-refractivity contribution >= 4 is 11.0 Å². The monoisotopic (exact) mass is 241 g/mol. The van der Waals surface area contributed by atoms with Crippen LogP contribution < -0.4 is 5.32 Å². The van der Waals surface area contributed by atoms with Gasteiger partial charge in [-0.1, -0.05) is 18.2 Å². The topological polar surface area (TPSA) is 43.0 Å². The number of nitrogens with one attached hydrogen (secondary N) is 1. The molecule has 0 aliphatic rings. The second kappa shape index (κ2) is 4.31. The molecule has 1 aromatic carbocycles. The number of para-hydroxylation sites is 1. The molecule has 4 nitrogen and oxygen atoms in total. The van der Waals surface area contributed by atoms with Crippen molar-refractivity contribution in [2.45, 2.75) is 6.04 Å². The van der Waals surface area contributed by atoms with Crippen LogP contribution in [0.25, 0.3) is 11.0 Å². The number of aryl methyl sites for hydroxylation is 1. The van der Waals surface area contributed by atoms with E-state index in [2.05, 4.69) is 16.4 Å². The van der Waals surface area contributed by atoms with E-state index in [4.69, 9.17) is 4.42 Å². The average molecular weight is 241 g/mol. The van der Waals surface area contributed by atoms with Gasteiger partial charge in [0.1, 0.15) is 11.4 Å². The average Bonchev–Trinajstić information content (AvgIpc) is 2.99. The van der Waals surface area contributed by atoms with Gasteiger partial charge in [-0.05, 0) is 13.1 Å². The molecule has 0 bridgehead atoms. The second-order valence-electron chi connectivity index (χ2n) is 4.31. The summed E-state index contributed by atoms with van der Waals surface area (Å²) in [7, 11) is 3.93. The molecule has 1 N–H and O–H groups in total. The molecule has 0 saturated heterocycles. The smallest absolute Gasteiger partial charge is 0.134 e. The maximum absolute atomic E-state index is 5.59. The van der Waals surface area contributed by atoms with Gasteiger partial charge < -0.3 is 14.3 Å². The number of nitrogens with zero attached hydrogens (tertiary/aromatic N) is 2. The number of benzene rings is 1. The van der Waals surface area contributed by atoms with Crippen molar-refractivity contribution < 1.29 is 4.42 Å². The van der Waals surface area contributed by atoms with Gasteiger partial charge in [-0.25, -0.2) is 4.98 Å². The Kier molecular flexibility index (Phi) is 2.64. The van der Waals surface area contributed by atoms with Crippen LogP contribution >= 0.6 is 0 Å². The molecular weight excluding hydrogens is 226 g/mol. The Morgan fingerprint density at radius 3 is 2.89 bits per heavy atom. The first kappa shape index (κ1) is 11.0. The number of hydrogen-bond acceptors (Lipinski definition) is 3. The molecule has 0 fully saturated rings. The fourth-order valence-electron chi connectivity index (χ4n) is 2.30. The van der Waals surface area contributed by atoms with Crippen molar-refractivity contribution in [2.75, 3.05) is 7.05 Å². The highest BCUT2D eigenvalue weighted by Gasteiger charge is 2.20. The molecule has 1 atom stereocenters. The lowest BCUT2D eigenvalue weighted by molar-refractivity contribution is 0.579. The van der Waals surface area contributed by atoms with Crippen molar-refractivity contribution in [1.82, 2.24) is 14.9 Å². The first-order valence-corrected chi connectivity index (χ1v) is 5.92. The van der Waals surface area contributed by atoms with Crippen molar-refractivity contribution in [1.29, 1.82) is 0 Å². The highest BCUT2D eigenvalue weighted by atomic mass is 16.3. The molecule has 0 aliphatic heterocycles. The standard InChI is InChI=1S/C14H15N3O/c1-15-13(14-16-7-8-17(14)2)11-9-18-12-6-4-3-5-10(11)12/h3-9,13,15H,1-2H3. The molecule has 3 rings (SSSR count). The zero-order valence-corrected chi connectivity index (χ0v) is 10.4. The summed E-state index contributed by atoms with van der Waals surface area (Å²) in [6.07, 6.45) is 5.56. The maximum Gasteiger partial charge on any atom is 0.134 e. The third-order valence-electron chi connectivity index (χ3n) is 3.23. The SMILES string of the molecule is CNC(c1coc2ccccc12)c1nccn1C. The molecule has 0 radical (unpaired) electrons. The van der Waals surface area contributed by atoms with Crippen molar-refractivity contribution in [3.05, 3.63) is 54.3 Å². The summed E-state index contributed by atoms with van der Waals surface area (Å²) in [6.45, 7) is 0. The van der Waals surface area contributed by atoms with E-state index in [-0.39, 0.29) is 6.04 Å². The molecule has 0 spiro atoms. The number of rotatable bonds is 3. The molecular formula is C14H15N3O. The largest absolute Gasteiger partial charge is 0.464 e. The lowest BCUT2D eigenvalue weighted by Gasteiger charge is -2.14. The summed E-state index contributed by atoms with van der Waals surface area (Å²) in [4.78, 5) is 4.41. The highest BCUT2D eigenvalue weighted by Crippen LogP contribution is 2.29. The van der Waals surface area contributed by atoms with E-state index in [1.807, 2.05) is 49.3 Å². The Hall–Kier alpha value is -2.07. The van der Waals surface area contributed by atoms with Gasteiger partial charge in [0.2, 0.25) is 0 Å². The summed E-state index contributed by atoms with van der Waals surface area (Å²) >= 11 is 0. The summed E-state index contributed by atoms with van der Waals surface area (Å²) in [5.41, 5.74) is 2.02. The number of fused-ring (bicyclic) bond motifs is 1. The number of hydrogen-bond donors (Lipinski definition) is 1. The predicted octanol–water partition coefficient (Wildman–Crippen LogP) is 2.48. The molecule has 3 aromatic rings. The summed E-state index contributed by atoms with van der Waals surface area (Å²) in [5, 5.41) is 4.42. The quantitative estimate of drug-likeness (QED) is 0.766. The molecule has 0 saturated carbocycles. The predicted molar refractivity (Wildman–Crippen MR) is 70.3 cm³/mol. The Morgan fingerprint density at radius 1 is 1.33 bits per heavy atom. The summed E-state index contributed by atoms with van der Waals surface area (Å²) in [6, 6.07) is 8.08. The highest BCUT2D eigenvalue weighted by molar-refractivity contribution is 5.81. The van der Waals surface area contributed by atoms with Gasteiger partial charge in [0.05, 0.1) is 12.3 Å². The minimum atomic E-state index is 0.0358. The zero-order valence-electron chi connectivity index (χ0n) is 10.4. The van der Waals surface area contributed by atoms with Gasteiger partial charge in [0.15, 0.2) is 0 Å². The molecule has 0 aliphatic carbocycles. The second-order valence-corrected chi connectivity index (χ2v) is 4.31. The Morgan fingerprint density at radius 2 is 2.17 bits per heavy atom. The van der Waals surface area contributed by atoms with E-state index < -0.39 is 0 Å². The third-order valence-corrected chi connectivity index (χ3v) is 3.23. The molecule has 2 heterocycles. The fourth-order valence-corrected chi connectivity index (χ4v) is 2.30. The van der Waals surface area contributed by atoms with Crippen LogP contribution in [-0.2, 0) is 7.05 Å². The van der Waals surface area contributed by atoms with Crippen LogP contribution in [0.4, 0.5) is 0 Å². The molecule has 0 amide bonds. The van der Waals surface area contributed by atoms with Crippen LogP contribution in [0.3, 0.4) is 0 Å². The zero-order chi connectivity index (χ0) is 12.5. The van der Waals surface area contributed by atoms with Crippen LogP contribution in [0.15, 0.2) is 47.3 Å². The van der Waals surface area contributed by atoms with Crippen LogP contribution in [-0.4, -0.2) is 16.6 Å². The number of aromatic nitrogens is 2. The van der Waals surface area contributed by atoms with Gasteiger partial charge in [0.25, 0.3) is 0 Å². The molecule has 18 heavy (non-hydrogen) atoms. The van der Waals surface area contributed by atoms with Crippen LogP contribution in [0.5, 0.6) is 0 Å². The molecule has 2 aromatic heterocycles. The summed E-state index contributed by atoms with van der Waals surface area (Å²) in [5.74, 6) is 0.976. The van der Waals surface area contributed by atoms with Crippen molar-refractivity contribution in [2.24, 2.45) is 7.05 Å². The van der Waals surface area contributed by atoms with Crippen LogP contribution in [0.1, 0.15) is 17.4 Å². The van der Waals surface area contributed by atoms with E-state index >= 15 is 0 Å². The van der Waals surface area contributed by atoms with Crippen LogP contribution in [0, 0.1) is 0 Å². The Labute approximate surface area is 105 Å². The minimum Gasteiger partial charge on any atom is -0.464 e. The molecule has 1 unspecified atom stereocenters. The van der Waals surface area contributed by atoms with Crippen LogP contribution in [0.2, 0.25) is 0 Å². The van der Waals surface area contributed by atoms with Crippen molar-refractivity contribution in [3.8, 4) is 0 Å². The number of imidazole rings is 1. The van der Waals surface area contributed by atoms with Crippen molar-refractivity contribution in [3.63, 3.8) is 0 Å². The third kappa shape index (κ3) is 1.62. The lowest BCUT2D eigenvalue weighted by atomic mass is 10.1. The van der Waals surface area contributed by atoms with Gasteiger partial charge in [-0.15, -0.1) is 0 Å². The number of furan rings is 1. The first-order chi connectivity index (χ1) is 8.81. The lowest BCUT2D eigenvalue weighted by Crippen LogP contribution is -2.20. The van der Waals surface area contributed by atoms with E-state index in [9.17, 15) is 0 Å². The van der Waals surface area contributed by atoms with Gasteiger partial charge in [-0.3, -0.25) is 0 Å². The van der Waals surface area contributed by atoms with E-state index in [0.717, 1.165) is 22.4 Å². The maximum atomic E-state index is 5.59. The molecule has 92 valence electrons. The van der Waals surface area contributed by atoms with Gasteiger partial charge in [0, 0.05) is 30.4 Å². The Bertz CT molecular complexity index is 668. The molecule has 4 heteroatoms. The Balaban J connectivity index is 2.15.